The Morgan fingerprint density at radius 2 is 1.86 bits per heavy atom. The monoisotopic (exact) mass is 414 g/mol. The van der Waals surface area contributed by atoms with Crippen molar-refractivity contribution < 1.29 is 23.5 Å². The molecule has 0 bridgehead atoms. The number of carbonyl (C=O) groups is 2. The fraction of sp³-hybridized carbons (Fsp3) is 0.286. The zero-order valence-corrected chi connectivity index (χ0v) is 16.9. The number of oxazole rings is 1. The van der Waals surface area contributed by atoms with E-state index < -0.39 is 5.97 Å². The van der Waals surface area contributed by atoms with E-state index in [9.17, 15) is 9.59 Å². The molecule has 152 valence electrons. The summed E-state index contributed by atoms with van der Waals surface area (Å²) in [6.45, 7) is 0.932. The summed E-state index contributed by atoms with van der Waals surface area (Å²) in [5.74, 6) is -0.764. The van der Waals surface area contributed by atoms with E-state index in [0.717, 1.165) is 22.8 Å². The molecule has 1 heterocycles. The maximum Gasteiger partial charge on any atom is 0.316 e. The van der Waals surface area contributed by atoms with Gasteiger partial charge in [0.15, 0.2) is 12.2 Å². The Balaban J connectivity index is 1.48. The Labute approximate surface area is 173 Å². The Morgan fingerprint density at radius 1 is 1.10 bits per heavy atom. The highest BCUT2D eigenvalue weighted by Gasteiger charge is 2.17. The minimum atomic E-state index is -0.503. The Morgan fingerprint density at radius 3 is 2.62 bits per heavy atom. The van der Waals surface area contributed by atoms with Crippen molar-refractivity contribution in [2.75, 3.05) is 32.6 Å². The molecule has 8 heteroatoms. The molecule has 3 rings (SSSR count). The topological polar surface area (TPSA) is 81.9 Å². The van der Waals surface area contributed by atoms with Gasteiger partial charge in [-0.05, 0) is 17.7 Å². The predicted octanol–water partition coefficient (Wildman–Crippen LogP) is 3.14. The number of benzene rings is 2. The quantitative estimate of drug-likeness (QED) is 0.372. The lowest BCUT2D eigenvalue weighted by atomic mass is 10.2. The van der Waals surface area contributed by atoms with Crippen molar-refractivity contribution in [3.63, 3.8) is 0 Å². The number of hydrogen-bond acceptors (Lipinski definition) is 7. The molecule has 29 heavy (non-hydrogen) atoms. The lowest BCUT2D eigenvalue weighted by Gasteiger charge is -2.22. The van der Waals surface area contributed by atoms with Gasteiger partial charge in [0, 0.05) is 20.2 Å². The van der Waals surface area contributed by atoms with Crippen LogP contribution >= 0.6 is 11.8 Å². The van der Waals surface area contributed by atoms with Gasteiger partial charge in [-0.15, -0.1) is 0 Å². The average molecular weight is 414 g/mol. The number of para-hydroxylation sites is 2. The van der Waals surface area contributed by atoms with Gasteiger partial charge in [0.2, 0.25) is 0 Å². The van der Waals surface area contributed by atoms with Gasteiger partial charge in [-0.25, -0.2) is 4.98 Å². The van der Waals surface area contributed by atoms with Gasteiger partial charge < -0.3 is 18.8 Å². The summed E-state index contributed by atoms with van der Waals surface area (Å²) in [7, 11) is 1.58. The first-order valence-electron chi connectivity index (χ1n) is 9.10. The molecule has 2 aromatic carbocycles. The first kappa shape index (κ1) is 20.9. The Bertz CT molecular complexity index is 911. The van der Waals surface area contributed by atoms with Gasteiger partial charge in [-0.1, -0.05) is 54.2 Å². The van der Waals surface area contributed by atoms with Crippen LogP contribution in [0.15, 0.2) is 64.2 Å². The van der Waals surface area contributed by atoms with Crippen molar-refractivity contribution in [1.29, 1.82) is 0 Å². The summed E-state index contributed by atoms with van der Waals surface area (Å²) in [6.07, 6.45) is 0. The molecule has 3 aromatic rings. The molecule has 7 nitrogen and oxygen atoms in total. The molecule has 0 saturated carbocycles. The van der Waals surface area contributed by atoms with Crippen LogP contribution < -0.4 is 0 Å². The zero-order valence-electron chi connectivity index (χ0n) is 16.1. The van der Waals surface area contributed by atoms with Gasteiger partial charge in [-0.3, -0.25) is 9.59 Å². The molecule has 1 aromatic heterocycles. The number of carbonyl (C=O) groups excluding carboxylic acids is 2. The molecule has 0 aliphatic heterocycles. The van der Waals surface area contributed by atoms with E-state index in [1.807, 2.05) is 54.6 Å². The summed E-state index contributed by atoms with van der Waals surface area (Å²) in [4.78, 5) is 30.4. The van der Waals surface area contributed by atoms with Gasteiger partial charge in [-0.2, -0.15) is 0 Å². The van der Waals surface area contributed by atoms with E-state index in [1.165, 1.54) is 0 Å². The number of hydrogen-bond donors (Lipinski definition) is 0. The fourth-order valence-corrected chi connectivity index (χ4v) is 3.24. The minimum absolute atomic E-state index is 0.0108. The molecule has 0 saturated heterocycles. The lowest BCUT2D eigenvalue weighted by molar-refractivity contribution is -0.150. The number of aromatic nitrogens is 1. The van der Waals surface area contributed by atoms with Crippen molar-refractivity contribution >= 4 is 34.7 Å². The number of fused-ring (bicyclic) bond motifs is 1. The fourth-order valence-electron chi connectivity index (χ4n) is 2.61. The number of nitrogens with zero attached hydrogens (tertiary/aromatic N) is 2. The number of thioether (sulfide) groups is 1. The molecule has 0 aliphatic rings. The first-order chi connectivity index (χ1) is 14.2. The maximum absolute atomic E-state index is 12.5. The normalized spacial score (nSPS) is 10.8. The lowest BCUT2D eigenvalue weighted by Crippen LogP contribution is -2.36. The van der Waals surface area contributed by atoms with Crippen molar-refractivity contribution in [3.05, 3.63) is 60.2 Å². The van der Waals surface area contributed by atoms with E-state index in [2.05, 4.69) is 4.98 Å². The Hall–Kier alpha value is -2.84. The van der Waals surface area contributed by atoms with Crippen LogP contribution in [0.4, 0.5) is 0 Å². The third kappa shape index (κ3) is 6.33. The summed E-state index contributed by atoms with van der Waals surface area (Å²) in [6, 6.07) is 17.0. The van der Waals surface area contributed by atoms with Gasteiger partial charge in [0.25, 0.3) is 11.1 Å². The molecule has 0 N–H and O–H groups in total. The van der Waals surface area contributed by atoms with Crippen LogP contribution in [0.5, 0.6) is 0 Å². The highest BCUT2D eigenvalue weighted by atomic mass is 32.2. The van der Waals surface area contributed by atoms with E-state index in [4.69, 9.17) is 13.9 Å². The smallest absolute Gasteiger partial charge is 0.316 e. The standard InChI is InChI=1S/C21H22N2O5S/c1-26-12-11-23(13-16-7-3-2-4-8-16)19(24)14-27-20(25)15-29-21-22-17-9-5-6-10-18(17)28-21/h2-10H,11-15H2,1H3. The van der Waals surface area contributed by atoms with Crippen molar-refractivity contribution in [3.8, 4) is 0 Å². The van der Waals surface area contributed by atoms with E-state index in [0.29, 0.717) is 30.5 Å². The van der Waals surface area contributed by atoms with Crippen molar-refractivity contribution in [2.24, 2.45) is 0 Å². The highest BCUT2D eigenvalue weighted by Crippen LogP contribution is 2.23. The second-order valence-electron chi connectivity index (χ2n) is 6.19. The summed E-state index contributed by atoms with van der Waals surface area (Å²) < 4.78 is 15.8. The highest BCUT2D eigenvalue weighted by molar-refractivity contribution is 7.99. The summed E-state index contributed by atoms with van der Waals surface area (Å²) in [5, 5.41) is 0.389. The van der Waals surface area contributed by atoms with Gasteiger partial charge in [0.05, 0.1) is 6.61 Å². The van der Waals surface area contributed by atoms with E-state index in [1.54, 1.807) is 12.0 Å². The molecule has 0 unspecified atom stereocenters. The van der Waals surface area contributed by atoms with Crippen LogP contribution in [0, 0.1) is 0 Å². The van der Waals surface area contributed by atoms with Crippen LogP contribution in [-0.4, -0.2) is 54.4 Å². The van der Waals surface area contributed by atoms with E-state index in [-0.39, 0.29) is 18.3 Å². The summed E-state index contributed by atoms with van der Waals surface area (Å²) >= 11 is 1.13. The van der Waals surface area contributed by atoms with Crippen LogP contribution in [0.3, 0.4) is 0 Å². The number of methoxy groups -OCH3 is 1. The average Bonchev–Trinajstić information content (AvgIpc) is 3.17. The first-order valence-corrected chi connectivity index (χ1v) is 10.1. The van der Waals surface area contributed by atoms with Gasteiger partial charge >= 0.3 is 5.97 Å². The number of amides is 1. The molecular formula is C21H22N2O5S. The molecule has 0 atom stereocenters. The van der Waals surface area contributed by atoms with Crippen molar-refractivity contribution in [1.82, 2.24) is 9.88 Å². The third-order valence-electron chi connectivity index (χ3n) is 4.08. The molecule has 1 amide bonds. The predicted molar refractivity (Wildman–Crippen MR) is 109 cm³/mol. The Kier molecular flexibility index (Phi) is 7.66. The summed E-state index contributed by atoms with van der Waals surface area (Å²) in [5.41, 5.74) is 2.39. The molecule has 0 radical (unpaired) electrons. The number of rotatable bonds is 10. The van der Waals surface area contributed by atoms with Crippen LogP contribution in [0.2, 0.25) is 0 Å². The minimum Gasteiger partial charge on any atom is -0.455 e. The second kappa shape index (κ2) is 10.6. The number of ether oxygens (including phenoxy) is 2. The van der Waals surface area contributed by atoms with Crippen molar-refractivity contribution in [2.45, 2.75) is 11.8 Å². The second-order valence-corrected chi connectivity index (χ2v) is 7.12. The third-order valence-corrected chi connectivity index (χ3v) is 4.88. The zero-order chi connectivity index (χ0) is 20.5. The van der Waals surface area contributed by atoms with Crippen LogP contribution in [0.25, 0.3) is 11.1 Å². The molecule has 0 spiro atoms. The SMILES string of the molecule is COCCN(Cc1ccccc1)C(=O)COC(=O)CSc1nc2ccccc2o1. The molecule has 0 aliphatic carbocycles. The number of esters is 1. The largest absolute Gasteiger partial charge is 0.455 e. The maximum atomic E-state index is 12.5. The van der Waals surface area contributed by atoms with Gasteiger partial charge in [0.1, 0.15) is 11.3 Å². The van der Waals surface area contributed by atoms with Crippen LogP contribution in [-0.2, 0) is 25.6 Å². The molecular weight excluding hydrogens is 392 g/mol. The van der Waals surface area contributed by atoms with Crippen LogP contribution in [0.1, 0.15) is 5.56 Å². The van der Waals surface area contributed by atoms with E-state index >= 15 is 0 Å². The molecule has 0 fully saturated rings.